The number of nitrogens with one attached hydrogen (secondary N) is 3. The first-order chi connectivity index (χ1) is 16.2. The van der Waals surface area contributed by atoms with E-state index in [1.165, 1.54) is 0 Å². The number of imidazole rings is 1. The van der Waals surface area contributed by atoms with E-state index < -0.39 is 0 Å². The first-order valence-electron chi connectivity index (χ1n) is 11.0. The highest BCUT2D eigenvalue weighted by Gasteiger charge is 2.12. The number of fused-ring (bicyclic) bond motifs is 2. The summed E-state index contributed by atoms with van der Waals surface area (Å²) in [6, 6.07) is 17.9. The number of anilines is 4. The van der Waals surface area contributed by atoms with E-state index in [2.05, 4.69) is 59.3 Å². The Bertz CT molecular complexity index is 1360. The number of aromatic nitrogens is 6. The molecule has 0 aliphatic rings. The average molecular weight is 440 g/mol. The van der Waals surface area contributed by atoms with Crippen LogP contribution in [0.4, 0.5) is 23.5 Å². The molecule has 0 aliphatic carbocycles. The second kappa shape index (κ2) is 9.07. The van der Waals surface area contributed by atoms with E-state index in [0.29, 0.717) is 24.4 Å². The van der Waals surface area contributed by atoms with Crippen LogP contribution >= 0.6 is 0 Å². The smallest absolute Gasteiger partial charge is 0.233 e. The van der Waals surface area contributed by atoms with E-state index in [9.17, 15) is 0 Å². The summed E-state index contributed by atoms with van der Waals surface area (Å²) in [5, 5.41) is 7.65. The molecule has 0 saturated carbocycles. The van der Waals surface area contributed by atoms with Crippen LogP contribution in [-0.4, -0.2) is 43.0 Å². The molecule has 3 aromatic heterocycles. The van der Waals surface area contributed by atoms with Crippen molar-refractivity contribution < 1.29 is 0 Å². The Hall–Kier alpha value is -4.27. The summed E-state index contributed by atoms with van der Waals surface area (Å²) in [6.07, 6.45) is 1.79. The lowest BCUT2D eigenvalue weighted by molar-refractivity contribution is 0.812. The second-order valence-corrected chi connectivity index (χ2v) is 7.54. The molecule has 0 spiro atoms. The molecular weight excluding hydrogens is 414 g/mol. The maximum Gasteiger partial charge on any atom is 0.233 e. The van der Waals surface area contributed by atoms with E-state index in [1.807, 2.05) is 54.6 Å². The van der Waals surface area contributed by atoms with E-state index in [0.717, 1.165) is 46.5 Å². The van der Waals surface area contributed by atoms with Crippen molar-refractivity contribution in [3.63, 3.8) is 0 Å². The summed E-state index contributed by atoms with van der Waals surface area (Å²) in [5.74, 6) is 2.39. The maximum atomic E-state index is 4.65. The first kappa shape index (κ1) is 20.6. The molecule has 0 atom stereocenters. The van der Waals surface area contributed by atoms with Gasteiger partial charge in [-0.2, -0.15) is 15.0 Å². The quantitative estimate of drug-likeness (QED) is 0.324. The molecule has 0 fully saturated rings. The van der Waals surface area contributed by atoms with Crippen molar-refractivity contribution in [3.05, 3.63) is 66.6 Å². The van der Waals surface area contributed by atoms with E-state index >= 15 is 0 Å². The molecule has 3 heterocycles. The Balaban J connectivity index is 1.42. The molecule has 2 aromatic carbocycles. The van der Waals surface area contributed by atoms with Gasteiger partial charge < -0.3 is 20.5 Å². The predicted octanol–water partition coefficient (Wildman–Crippen LogP) is 4.50. The van der Waals surface area contributed by atoms with Crippen molar-refractivity contribution >= 4 is 45.5 Å². The molecule has 9 nitrogen and oxygen atoms in total. The van der Waals surface area contributed by atoms with Crippen LogP contribution < -0.4 is 15.5 Å². The maximum absolute atomic E-state index is 4.65. The van der Waals surface area contributed by atoms with Gasteiger partial charge in [-0.3, -0.25) is 4.98 Å². The zero-order valence-electron chi connectivity index (χ0n) is 18.6. The minimum Gasteiger partial charge on any atom is -0.347 e. The standard InChI is InChI=1S/C24H25N9/c1-3-33(4-2)24-31-22(26-15-21-28-19-9-5-6-10-20(19)29-21)30-23(32-24)27-17-11-12-18-16(14-17)8-7-13-25-18/h5-14H,3-4,15H2,1-2H3,(H,28,29)(H2,26,27,30,31,32). The molecular formula is C24H25N9. The number of pyridine rings is 1. The van der Waals surface area contributed by atoms with Gasteiger partial charge in [-0.1, -0.05) is 18.2 Å². The van der Waals surface area contributed by atoms with Crippen molar-refractivity contribution in [2.45, 2.75) is 20.4 Å². The summed E-state index contributed by atoms with van der Waals surface area (Å²) in [6.45, 7) is 6.23. The fraction of sp³-hybridized carbons (Fsp3) is 0.208. The van der Waals surface area contributed by atoms with Crippen LogP contribution in [0.25, 0.3) is 21.9 Å². The monoisotopic (exact) mass is 439 g/mol. The van der Waals surface area contributed by atoms with Gasteiger partial charge in [-0.25, -0.2) is 4.98 Å². The third-order valence-corrected chi connectivity index (χ3v) is 5.38. The SMILES string of the molecule is CCN(CC)c1nc(NCc2nc3ccccc3[nH]2)nc(Nc2ccc3ncccc3c2)n1. The first-order valence-corrected chi connectivity index (χ1v) is 11.0. The van der Waals surface area contributed by atoms with Crippen LogP contribution in [0.3, 0.4) is 0 Å². The second-order valence-electron chi connectivity index (χ2n) is 7.54. The molecule has 166 valence electrons. The van der Waals surface area contributed by atoms with Crippen LogP contribution in [0, 0.1) is 0 Å². The summed E-state index contributed by atoms with van der Waals surface area (Å²) in [4.78, 5) is 28.3. The lowest BCUT2D eigenvalue weighted by Gasteiger charge is -2.20. The fourth-order valence-electron chi connectivity index (χ4n) is 3.68. The van der Waals surface area contributed by atoms with Crippen LogP contribution in [0.1, 0.15) is 19.7 Å². The normalized spacial score (nSPS) is 11.1. The number of nitrogens with zero attached hydrogens (tertiary/aromatic N) is 6. The highest BCUT2D eigenvalue weighted by molar-refractivity contribution is 5.82. The average Bonchev–Trinajstić information content (AvgIpc) is 3.27. The Morgan fingerprint density at radius 2 is 1.70 bits per heavy atom. The van der Waals surface area contributed by atoms with Crippen molar-refractivity contribution in [1.29, 1.82) is 0 Å². The van der Waals surface area contributed by atoms with E-state index in [-0.39, 0.29) is 0 Å². The van der Waals surface area contributed by atoms with Gasteiger partial charge in [0.05, 0.1) is 23.1 Å². The number of aromatic amines is 1. The number of para-hydroxylation sites is 2. The third kappa shape index (κ3) is 4.52. The zero-order valence-corrected chi connectivity index (χ0v) is 18.6. The summed E-state index contributed by atoms with van der Waals surface area (Å²) >= 11 is 0. The fourth-order valence-corrected chi connectivity index (χ4v) is 3.68. The van der Waals surface area contributed by atoms with Gasteiger partial charge in [-0.05, 0) is 50.2 Å². The van der Waals surface area contributed by atoms with Crippen LogP contribution in [0.15, 0.2) is 60.8 Å². The Morgan fingerprint density at radius 3 is 2.55 bits per heavy atom. The van der Waals surface area contributed by atoms with Crippen LogP contribution in [0.5, 0.6) is 0 Å². The van der Waals surface area contributed by atoms with Gasteiger partial charge >= 0.3 is 0 Å². The van der Waals surface area contributed by atoms with Gasteiger partial charge in [0.2, 0.25) is 17.8 Å². The highest BCUT2D eigenvalue weighted by atomic mass is 15.3. The number of hydrogen-bond acceptors (Lipinski definition) is 8. The molecule has 5 rings (SSSR count). The molecule has 33 heavy (non-hydrogen) atoms. The number of rotatable bonds is 8. The lowest BCUT2D eigenvalue weighted by atomic mass is 10.2. The molecule has 9 heteroatoms. The van der Waals surface area contributed by atoms with Gasteiger partial charge in [0.25, 0.3) is 0 Å². The highest BCUT2D eigenvalue weighted by Crippen LogP contribution is 2.22. The lowest BCUT2D eigenvalue weighted by Crippen LogP contribution is -2.25. The minimum atomic E-state index is 0.470. The van der Waals surface area contributed by atoms with Crippen molar-refractivity contribution in [3.8, 4) is 0 Å². The van der Waals surface area contributed by atoms with Gasteiger partial charge in [-0.15, -0.1) is 0 Å². The number of H-pyrrole nitrogens is 1. The minimum absolute atomic E-state index is 0.470. The molecule has 0 saturated heterocycles. The van der Waals surface area contributed by atoms with Crippen LogP contribution in [0.2, 0.25) is 0 Å². The molecule has 0 amide bonds. The molecule has 0 radical (unpaired) electrons. The topological polar surface area (TPSA) is 108 Å². The zero-order chi connectivity index (χ0) is 22.6. The van der Waals surface area contributed by atoms with Gasteiger partial charge in [0.15, 0.2) is 0 Å². The number of hydrogen-bond donors (Lipinski definition) is 3. The summed E-state index contributed by atoms with van der Waals surface area (Å²) in [7, 11) is 0. The summed E-state index contributed by atoms with van der Waals surface area (Å²) in [5.41, 5.74) is 3.76. The molecule has 0 unspecified atom stereocenters. The molecule has 5 aromatic rings. The van der Waals surface area contributed by atoms with Crippen molar-refractivity contribution in [2.24, 2.45) is 0 Å². The molecule has 3 N–H and O–H groups in total. The number of benzene rings is 2. The van der Waals surface area contributed by atoms with E-state index in [1.54, 1.807) is 6.20 Å². The Morgan fingerprint density at radius 1 is 0.848 bits per heavy atom. The molecule has 0 aliphatic heterocycles. The Labute approximate surface area is 191 Å². The van der Waals surface area contributed by atoms with Crippen molar-refractivity contribution in [1.82, 2.24) is 29.9 Å². The molecule has 0 bridgehead atoms. The predicted molar refractivity (Wildman–Crippen MR) is 132 cm³/mol. The Kier molecular flexibility index (Phi) is 5.67. The van der Waals surface area contributed by atoms with E-state index in [4.69, 9.17) is 0 Å². The largest absolute Gasteiger partial charge is 0.347 e. The van der Waals surface area contributed by atoms with Crippen molar-refractivity contribution in [2.75, 3.05) is 28.6 Å². The van der Waals surface area contributed by atoms with Gasteiger partial charge in [0.1, 0.15) is 5.82 Å². The summed E-state index contributed by atoms with van der Waals surface area (Å²) < 4.78 is 0. The van der Waals surface area contributed by atoms with Crippen LogP contribution in [-0.2, 0) is 6.54 Å². The third-order valence-electron chi connectivity index (χ3n) is 5.38. The van der Waals surface area contributed by atoms with Gasteiger partial charge in [0, 0.05) is 30.4 Å².